The summed E-state index contributed by atoms with van der Waals surface area (Å²) < 4.78 is 0. The van der Waals surface area contributed by atoms with E-state index in [9.17, 15) is 0 Å². The van der Waals surface area contributed by atoms with Crippen molar-refractivity contribution in [3.8, 4) is 44.9 Å². The second kappa shape index (κ2) is 8.72. The second-order valence-corrected chi connectivity index (χ2v) is 8.19. The summed E-state index contributed by atoms with van der Waals surface area (Å²) in [4.78, 5) is 13.8. The number of hydrogen-bond acceptors (Lipinski definition) is 3. The maximum absolute atomic E-state index is 5.12. The highest BCUT2D eigenvalue weighted by Gasteiger charge is 2.11. The molecule has 0 aliphatic heterocycles. The standard InChI is InChI=1S/C31H21N3/c1-2-8-28-26(6-1)20-30(24-14-12-23(13-15-24)29-9-3-4-19-33-29)34-31(28)25-16-10-22(11-17-25)27-7-5-18-32-21-27/h1-21H. The summed E-state index contributed by atoms with van der Waals surface area (Å²) >= 11 is 0. The summed E-state index contributed by atoms with van der Waals surface area (Å²) in [5.74, 6) is 0. The molecule has 0 unspecified atom stereocenters. The molecule has 0 saturated carbocycles. The average molecular weight is 436 g/mol. The van der Waals surface area contributed by atoms with Crippen molar-refractivity contribution in [2.45, 2.75) is 0 Å². The van der Waals surface area contributed by atoms with Crippen LogP contribution >= 0.6 is 0 Å². The number of nitrogens with zero attached hydrogens (tertiary/aromatic N) is 3. The van der Waals surface area contributed by atoms with Crippen molar-refractivity contribution >= 4 is 10.8 Å². The van der Waals surface area contributed by atoms with Crippen LogP contribution in [0, 0.1) is 0 Å². The van der Waals surface area contributed by atoms with E-state index < -0.39 is 0 Å². The average Bonchev–Trinajstić information content (AvgIpc) is 2.94. The van der Waals surface area contributed by atoms with Crippen LogP contribution in [0.4, 0.5) is 0 Å². The van der Waals surface area contributed by atoms with Gasteiger partial charge in [-0.2, -0.15) is 0 Å². The highest BCUT2D eigenvalue weighted by Crippen LogP contribution is 2.33. The van der Waals surface area contributed by atoms with Gasteiger partial charge >= 0.3 is 0 Å². The van der Waals surface area contributed by atoms with Gasteiger partial charge in [0.1, 0.15) is 0 Å². The molecule has 0 atom stereocenters. The van der Waals surface area contributed by atoms with Crippen molar-refractivity contribution in [1.82, 2.24) is 15.0 Å². The van der Waals surface area contributed by atoms with Gasteiger partial charge < -0.3 is 0 Å². The van der Waals surface area contributed by atoms with E-state index >= 15 is 0 Å². The van der Waals surface area contributed by atoms with Crippen molar-refractivity contribution in [3.05, 3.63) is 128 Å². The Morgan fingerprint density at radius 1 is 0.471 bits per heavy atom. The zero-order valence-corrected chi connectivity index (χ0v) is 18.5. The van der Waals surface area contributed by atoms with Crippen LogP contribution in [-0.4, -0.2) is 15.0 Å². The lowest BCUT2D eigenvalue weighted by Gasteiger charge is -2.11. The van der Waals surface area contributed by atoms with Gasteiger partial charge in [0.15, 0.2) is 0 Å². The summed E-state index contributed by atoms with van der Waals surface area (Å²) in [6.45, 7) is 0. The summed E-state index contributed by atoms with van der Waals surface area (Å²) in [5, 5.41) is 2.32. The van der Waals surface area contributed by atoms with E-state index in [4.69, 9.17) is 4.98 Å². The minimum Gasteiger partial charge on any atom is -0.264 e. The molecule has 6 rings (SSSR count). The highest BCUT2D eigenvalue weighted by molar-refractivity contribution is 5.97. The zero-order chi connectivity index (χ0) is 22.7. The number of benzene rings is 3. The van der Waals surface area contributed by atoms with Crippen molar-refractivity contribution in [3.63, 3.8) is 0 Å². The second-order valence-electron chi connectivity index (χ2n) is 8.19. The van der Waals surface area contributed by atoms with Gasteiger partial charge in [-0.25, -0.2) is 4.98 Å². The van der Waals surface area contributed by atoms with Crippen LogP contribution in [-0.2, 0) is 0 Å². The Bertz CT molecular complexity index is 1560. The third-order valence-corrected chi connectivity index (χ3v) is 6.03. The first-order valence-corrected chi connectivity index (χ1v) is 11.3. The van der Waals surface area contributed by atoms with Crippen LogP contribution in [0.3, 0.4) is 0 Å². The molecule has 34 heavy (non-hydrogen) atoms. The third kappa shape index (κ3) is 3.84. The van der Waals surface area contributed by atoms with Crippen molar-refractivity contribution in [2.75, 3.05) is 0 Å². The molecule has 0 N–H and O–H groups in total. The van der Waals surface area contributed by atoms with E-state index in [0.29, 0.717) is 0 Å². The number of aromatic nitrogens is 3. The largest absolute Gasteiger partial charge is 0.264 e. The first-order chi connectivity index (χ1) is 16.8. The fourth-order valence-corrected chi connectivity index (χ4v) is 4.27. The van der Waals surface area contributed by atoms with E-state index in [1.54, 1.807) is 6.20 Å². The van der Waals surface area contributed by atoms with E-state index in [1.165, 1.54) is 5.39 Å². The minimum absolute atomic E-state index is 0.956. The van der Waals surface area contributed by atoms with Crippen molar-refractivity contribution < 1.29 is 0 Å². The fourth-order valence-electron chi connectivity index (χ4n) is 4.27. The van der Waals surface area contributed by atoms with Crippen LogP contribution in [0.1, 0.15) is 0 Å². The molecule has 3 nitrogen and oxygen atoms in total. The molecule has 3 aromatic heterocycles. The summed E-state index contributed by atoms with van der Waals surface area (Å²) in [7, 11) is 0. The van der Waals surface area contributed by atoms with Crippen LogP contribution < -0.4 is 0 Å². The highest BCUT2D eigenvalue weighted by atomic mass is 14.7. The van der Waals surface area contributed by atoms with Gasteiger partial charge in [-0.3, -0.25) is 9.97 Å². The Labute approximate surface area is 198 Å². The molecule has 3 heteroatoms. The molecule has 0 aliphatic carbocycles. The molecule has 0 bridgehead atoms. The summed E-state index contributed by atoms with van der Waals surface area (Å²) in [6.07, 6.45) is 5.50. The summed E-state index contributed by atoms with van der Waals surface area (Å²) in [6, 6.07) is 37.6. The molecular formula is C31H21N3. The smallest absolute Gasteiger partial charge is 0.0787 e. The number of fused-ring (bicyclic) bond motifs is 1. The molecule has 0 amide bonds. The molecule has 6 aromatic rings. The molecule has 0 fully saturated rings. The maximum Gasteiger partial charge on any atom is 0.0787 e. The lowest BCUT2D eigenvalue weighted by Crippen LogP contribution is -1.92. The van der Waals surface area contributed by atoms with Gasteiger partial charge in [0.2, 0.25) is 0 Å². The fraction of sp³-hybridized carbons (Fsp3) is 0. The van der Waals surface area contributed by atoms with Gasteiger partial charge in [-0.05, 0) is 40.8 Å². The molecular weight excluding hydrogens is 414 g/mol. The molecule has 160 valence electrons. The Morgan fingerprint density at radius 2 is 1.18 bits per heavy atom. The quantitative estimate of drug-likeness (QED) is 0.285. The first kappa shape index (κ1) is 20.0. The SMILES string of the molecule is c1ccc(-c2ccc(-c3cc4ccccc4c(-c4ccc(-c5cccnc5)cc4)n3)cc2)nc1. The van der Waals surface area contributed by atoms with Gasteiger partial charge in [-0.15, -0.1) is 0 Å². The van der Waals surface area contributed by atoms with Crippen LogP contribution in [0.15, 0.2) is 128 Å². The molecule has 0 spiro atoms. The predicted molar refractivity (Wildman–Crippen MR) is 139 cm³/mol. The minimum atomic E-state index is 0.956. The van der Waals surface area contributed by atoms with Gasteiger partial charge in [0.05, 0.1) is 17.1 Å². The predicted octanol–water partition coefficient (Wildman–Crippen LogP) is 7.69. The van der Waals surface area contributed by atoms with Crippen molar-refractivity contribution in [1.29, 1.82) is 0 Å². The zero-order valence-electron chi connectivity index (χ0n) is 18.5. The summed E-state index contributed by atoms with van der Waals surface area (Å²) in [5.41, 5.74) is 8.43. The number of pyridine rings is 3. The van der Waals surface area contributed by atoms with Crippen molar-refractivity contribution in [2.24, 2.45) is 0 Å². The first-order valence-electron chi connectivity index (χ1n) is 11.3. The Kier molecular flexibility index (Phi) is 5.13. The Balaban J connectivity index is 1.42. The lowest BCUT2D eigenvalue weighted by atomic mass is 9.98. The van der Waals surface area contributed by atoms with Gasteiger partial charge in [0, 0.05) is 40.7 Å². The third-order valence-electron chi connectivity index (χ3n) is 6.03. The van der Waals surface area contributed by atoms with Crippen LogP contribution in [0.5, 0.6) is 0 Å². The molecule has 3 heterocycles. The van der Waals surface area contributed by atoms with E-state index in [2.05, 4.69) is 94.9 Å². The van der Waals surface area contributed by atoms with E-state index in [1.807, 2.05) is 36.7 Å². The lowest BCUT2D eigenvalue weighted by molar-refractivity contribution is 1.32. The molecule has 0 aliphatic rings. The topological polar surface area (TPSA) is 38.7 Å². The normalized spacial score (nSPS) is 10.9. The number of rotatable bonds is 4. The Morgan fingerprint density at radius 3 is 1.91 bits per heavy atom. The molecule has 0 saturated heterocycles. The monoisotopic (exact) mass is 435 g/mol. The Hall–Kier alpha value is -4.63. The van der Waals surface area contributed by atoms with E-state index in [0.717, 1.165) is 50.3 Å². The van der Waals surface area contributed by atoms with Gasteiger partial charge in [0.25, 0.3) is 0 Å². The van der Waals surface area contributed by atoms with E-state index in [-0.39, 0.29) is 0 Å². The van der Waals surface area contributed by atoms with Crippen LogP contribution in [0.25, 0.3) is 55.7 Å². The van der Waals surface area contributed by atoms with Gasteiger partial charge in [-0.1, -0.05) is 84.9 Å². The maximum atomic E-state index is 5.12. The number of hydrogen-bond donors (Lipinski definition) is 0. The molecule has 3 aromatic carbocycles. The molecule has 0 radical (unpaired) electrons. The van der Waals surface area contributed by atoms with Crippen LogP contribution in [0.2, 0.25) is 0 Å².